The number of benzene rings is 1. The summed E-state index contributed by atoms with van der Waals surface area (Å²) in [6.07, 6.45) is 0.537. The number of hydrogen-bond donors (Lipinski definition) is 0. The van der Waals surface area contributed by atoms with E-state index in [-0.39, 0.29) is 24.6 Å². The molecule has 0 atom stereocenters. The predicted octanol–water partition coefficient (Wildman–Crippen LogP) is 1.44. The molecule has 0 N–H and O–H groups in total. The Labute approximate surface area is 105 Å². The van der Waals surface area contributed by atoms with Gasteiger partial charge in [-0.1, -0.05) is 29.8 Å². The Hall–Kier alpha value is -1.07. The van der Waals surface area contributed by atoms with Gasteiger partial charge in [0.2, 0.25) is 15.9 Å². The molecule has 92 valence electrons. The zero-order chi connectivity index (χ0) is 12.5. The highest BCUT2D eigenvalue weighted by Crippen LogP contribution is 2.19. The quantitative estimate of drug-likeness (QED) is 0.837. The van der Waals surface area contributed by atoms with E-state index in [0.717, 1.165) is 9.87 Å². The fraction of sp³-hybridized carbons (Fsp3) is 0.364. The number of carbonyl (C=O) groups excluding carboxylic acids is 1. The van der Waals surface area contributed by atoms with Crippen LogP contribution in [0.15, 0.2) is 24.3 Å². The average Bonchev–Trinajstić information content (AvgIpc) is 2.53. The lowest BCUT2D eigenvalue weighted by Gasteiger charge is -2.15. The van der Waals surface area contributed by atoms with E-state index < -0.39 is 10.0 Å². The number of nitrogens with zero attached hydrogens (tertiary/aromatic N) is 1. The van der Waals surface area contributed by atoms with E-state index in [1.165, 1.54) is 0 Å². The Kier molecular flexibility index (Phi) is 3.40. The van der Waals surface area contributed by atoms with Gasteiger partial charge in [0, 0.05) is 18.0 Å². The maximum Gasteiger partial charge on any atom is 0.237 e. The molecule has 2 rings (SSSR count). The Morgan fingerprint density at radius 3 is 2.59 bits per heavy atom. The summed E-state index contributed by atoms with van der Waals surface area (Å²) in [5, 5.41) is 0.594. The van der Waals surface area contributed by atoms with E-state index in [1.54, 1.807) is 6.07 Å². The van der Waals surface area contributed by atoms with Crippen LogP contribution in [0.3, 0.4) is 0 Å². The summed E-state index contributed by atoms with van der Waals surface area (Å²) < 4.78 is 24.1. The first-order chi connectivity index (χ1) is 8.00. The van der Waals surface area contributed by atoms with Crippen LogP contribution >= 0.6 is 11.6 Å². The number of rotatable bonds is 3. The second kappa shape index (κ2) is 4.66. The van der Waals surface area contributed by atoms with Crippen molar-refractivity contribution in [2.45, 2.75) is 12.8 Å². The normalized spacial score (nSPS) is 18.6. The fourth-order valence-corrected chi connectivity index (χ4v) is 3.45. The number of amides is 1. The van der Waals surface area contributed by atoms with E-state index in [2.05, 4.69) is 0 Å². The van der Waals surface area contributed by atoms with Crippen molar-refractivity contribution in [1.29, 1.82) is 0 Å². The van der Waals surface area contributed by atoms with Crippen molar-refractivity contribution in [2.75, 3.05) is 12.3 Å². The molecule has 1 aromatic rings. The van der Waals surface area contributed by atoms with Crippen molar-refractivity contribution in [3.05, 3.63) is 34.9 Å². The van der Waals surface area contributed by atoms with Gasteiger partial charge in [0.1, 0.15) is 0 Å². The van der Waals surface area contributed by atoms with Crippen LogP contribution in [0.25, 0.3) is 0 Å². The Morgan fingerprint density at radius 1 is 1.29 bits per heavy atom. The van der Waals surface area contributed by atoms with Gasteiger partial charge in [0.05, 0.1) is 5.75 Å². The van der Waals surface area contributed by atoms with Crippen molar-refractivity contribution < 1.29 is 13.2 Å². The lowest BCUT2D eigenvalue weighted by Crippen LogP contribution is -2.31. The molecular formula is C11H12ClNO3S. The number of sulfonamides is 1. The number of hydrogen-bond acceptors (Lipinski definition) is 3. The minimum absolute atomic E-state index is 0.0750. The largest absolute Gasteiger partial charge is 0.274 e. The highest BCUT2D eigenvalue weighted by molar-refractivity contribution is 7.90. The first-order valence-electron chi connectivity index (χ1n) is 5.27. The summed E-state index contributed by atoms with van der Waals surface area (Å²) in [6, 6.07) is 7.22. The average molecular weight is 274 g/mol. The van der Waals surface area contributed by atoms with E-state index >= 15 is 0 Å². The molecular weight excluding hydrogens is 262 g/mol. The van der Waals surface area contributed by atoms with Gasteiger partial charge in [-0.2, -0.15) is 0 Å². The maximum atomic E-state index is 11.6. The highest BCUT2D eigenvalue weighted by atomic mass is 35.5. The summed E-state index contributed by atoms with van der Waals surface area (Å²) in [6.45, 7) is 0.172. The molecule has 4 nitrogen and oxygen atoms in total. The Balaban J connectivity index is 2.09. The van der Waals surface area contributed by atoms with Gasteiger partial charge in [-0.15, -0.1) is 0 Å². The molecule has 0 unspecified atom stereocenters. The lowest BCUT2D eigenvalue weighted by atomic mass is 10.1. The van der Waals surface area contributed by atoms with Crippen LogP contribution in [0.4, 0.5) is 0 Å². The first-order valence-corrected chi connectivity index (χ1v) is 7.26. The van der Waals surface area contributed by atoms with Crippen LogP contribution in [-0.4, -0.2) is 30.9 Å². The smallest absolute Gasteiger partial charge is 0.237 e. The second-order valence-electron chi connectivity index (χ2n) is 3.87. The lowest BCUT2D eigenvalue weighted by molar-refractivity contribution is -0.125. The Morgan fingerprint density at radius 2 is 2.00 bits per heavy atom. The minimum atomic E-state index is -3.38. The molecule has 0 aliphatic carbocycles. The second-order valence-corrected chi connectivity index (χ2v) is 6.29. The molecule has 17 heavy (non-hydrogen) atoms. The Bertz CT molecular complexity index is 541. The molecule has 1 aliphatic rings. The van der Waals surface area contributed by atoms with Gasteiger partial charge >= 0.3 is 0 Å². The molecule has 0 radical (unpaired) electrons. The van der Waals surface area contributed by atoms with E-state index in [9.17, 15) is 13.2 Å². The van der Waals surface area contributed by atoms with Gasteiger partial charge in [-0.05, 0) is 18.1 Å². The third-order valence-corrected chi connectivity index (χ3v) is 4.88. The summed E-state index contributed by atoms with van der Waals surface area (Å²) in [5.74, 6) is -0.397. The predicted molar refractivity (Wildman–Crippen MR) is 65.3 cm³/mol. The molecule has 0 aromatic heterocycles. The topological polar surface area (TPSA) is 54.5 Å². The van der Waals surface area contributed by atoms with Gasteiger partial charge in [0.15, 0.2) is 0 Å². The van der Waals surface area contributed by atoms with Crippen molar-refractivity contribution in [3.63, 3.8) is 0 Å². The zero-order valence-electron chi connectivity index (χ0n) is 9.10. The van der Waals surface area contributed by atoms with Gasteiger partial charge in [-0.25, -0.2) is 12.7 Å². The standard InChI is InChI=1S/C11H12ClNO3S/c12-10-4-2-1-3-9(10)5-7-13-11(14)6-8-17(13,15)16/h1-4H,5-8H2. The van der Waals surface area contributed by atoms with Crippen LogP contribution in [0.2, 0.25) is 5.02 Å². The number of carbonyl (C=O) groups is 1. The highest BCUT2D eigenvalue weighted by Gasteiger charge is 2.34. The molecule has 1 saturated heterocycles. The zero-order valence-corrected chi connectivity index (χ0v) is 10.7. The van der Waals surface area contributed by atoms with Crippen molar-refractivity contribution >= 4 is 27.5 Å². The summed E-state index contributed by atoms with van der Waals surface area (Å²) >= 11 is 5.96. The maximum absolute atomic E-state index is 11.6. The molecule has 0 spiro atoms. The van der Waals surface area contributed by atoms with Crippen LogP contribution in [0, 0.1) is 0 Å². The molecule has 1 aromatic carbocycles. The van der Waals surface area contributed by atoms with Gasteiger partial charge in [-0.3, -0.25) is 4.79 Å². The third kappa shape index (κ3) is 2.61. The van der Waals surface area contributed by atoms with Gasteiger partial charge in [0.25, 0.3) is 0 Å². The monoisotopic (exact) mass is 273 g/mol. The van der Waals surface area contributed by atoms with E-state index in [1.807, 2.05) is 18.2 Å². The summed E-state index contributed by atoms with van der Waals surface area (Å²) in [5.41, 5.74) is 0.851. The third-order valence-electron chi connectivity index (χ3n) is 2.73. The van der Waals surface area contributed by atoms with Crippen LogP contribution in [0.5, 0.6) is 0 Å². The van der Waals surface area contributed by atoms with Crippen LogP contribution in [0.1, 0.15) is 12.0 Å². The molecule has 1 fully saturated rings. The number of halogens is 1. The molecule has 1 heterocycles. The van der Waals surface area contributed by atoms with Crippen molar-refractivity contribution in [3.8, 4) is 0 Å². The molecule has 1 amide bonds. The first kappa shape index (κ1) is 12.4. The van der Waals surface area contributed by atoms with E-state index in [0.29, 0.717) is 11.4 Å². The SMILES string of the molecule is O=C1CCS(=O)(=O)N1CCc1ccccc1Cl. The molecule has 6 heteroatoms. The van der Waals surface area contributed by atoms with E-state index in [4.69, 9.17) is 11.6 Å². The van der Waals surface area contributed by atoms with Gasteiger partial charge < -0.3 is 0 Å². The summed E-state index contributed by atoms with van der Waals surface area (Å²) in [7, 11) is -3.38. The fourth-order valence-electron chi connectivity index (χ4n) is 1.79. The summed E-state index contributed by atoms with van der Waals surface area (Å²) in [4.78, 5) is 11.4. The van der Waals surface area contributed by atoms with Crippen LogP contribution in [-0.2, 0) is 21.2 Å². The minimum Gasteiger partial charge on any atom is -0.274 e. The van der Waals surface area contributed by atoms with Crippen LogP contribution < -0.4 is 0 Å². The van der Waals surface area contributed by atoms with Crippen molar-refractivity contribution in [2.24, 2.45) is 0 Å². The molecule has 0 saturated carbocycles. The molecule has 0 bridgehead atoms. The molecule has 1 aliphatic heterocycles. The van der Waals surface area contributed by atoms with Crippen molar-refractivity contribution in [1.82, 2.24) is 4.31 Å².